The summed E-state index contributed by atoms with van der Waals surface area (Å²) in [5, 5.41) is 10.9. The molecule has 20 heavy (non-hydrogen) atoms. The smallest absolute Gasteiger partial charge is 0.406 e. The molecule has 1 aromatic rings. The number of hydrogen-bond donors (Lipinski definition) is 2. The molecule has 0 radical (unpaired) electrons. The predicted octanol–water partition coefficient (Wildman–Crippen LogP) is 2.86. The van der Waals surface area contributed by atoms with Crippen LogP contribution in [-0.4, -0.2) is 30.5 Å². The molecule has 3 nitrogen and oxygen atoms in total. The summed E-state index contributed by atoms with van der Waals surface area (Å²) in [7, 11) is 0. The summed E-state index contributed by atoms with van der Waals surface area (Å²) in [6.45, 7) is -0.427. The van der Waals surface area contributed by atoms with Gasteiger partial charge in [0.05, 0.1) is 6.54 Å². The summed E-state index contributed by atoms with van der Waals surface area (Å²) in [4.78, 5) is 0. The highest BCUT2D eigenvalue weighted by atomic mass is 19.4. The molecule has 0 fully saturated rings. The first-order chi connectivity index (χ1) is 9.13. The highest BCUT2D eigenvalue weighted by molar-refractivity contribution is 5.29. The summed E-state index contributed by atoms with van der Waals surface area (Å²) in [5.41, 5.74) is 0.522. The third-order valence-electron chi connectivity index (χ3n) is 2.51. The van der Waals surface area contributed by atoms with Crippen molar-refractivity contribution in [3.05, 3.63) is 29.8 Å². The second-order valence-corrected chi connectivity index (χ2v) is 4.23. The quantitative estimate of drug-likeness (QED) is 0.794. The number of aliphatic hydroxyl groups is 1. The zero-order valence-electron chi connectivity index (χ0n) is 10.5. The van der Waals surface area contributed by atoms with Gasteiger partial charge in [0.15, 0.2) is 0 Å². The maximum Gasteiger partial charge on any atom is 0.573 e. The van der Waals surface area contributed by atoms with E-state index in [2.05, 4.69) is 10.1 Å². The number of benzene rings is 1. The second-order valence-electron chi connectivity index (χ2n) is 4.23. The Kier molecular flexibility index (Phi) is 5.29. The fourth-order valence-corrected chi connectivity index (χ4v) is 1.43. The number of nitrogens with one attached hydrogen (secondary N) is 1. The first-order valence-electron chi connectivity index (χ1n) is 5.71. The van der Waals surface area contributed by atoms with Gasteiger partial charge in [-0.2, -0.15) is 0 Å². The van der Waals surface area contributed by atoms with Crippen molar-refractivity contribution in [1.29, 1.82) is 0 Å². The first kappa shape index (κ1) is 16.6. The lowest BCUT2D eigenvalue weighted by Crippen LogP contribution is -2.37. The minimum absolute atomic E-state index is 0.380. The van der Waals surface area contributed by atoms with Gasteiger partial charge < -0.3 is 15.2 Å². The second kappa shape index (κ2) is 6.36. The van der Waals surface area contributed by atoms with Gasteiger partial charge >= 0.3 is 6.36 Å². The fraction of sp³-hybridized carbons (Fsp3) is 0.500. The Morgan fingerprint density at radius 2 is 1.70 bits per heavy atom. The van der Waals surface area contributed by atoms with Crippen LogP contribution in [0.2, 0.25) is 0 Å². The Labute approximate surface area is 112 Å². The Bertz CT molecular complexity index is 419. The van der Waals surface area contributed by atoms with Crippen LogP contribution in [-0.2, 0) is 0 Å². The van der Waals surface area contributed by atoms with E-state index < -0.39 is 31.5 Å². The van der Waals surface area contributed by atoms with Crippen LogP contribution in [0.4, 0.5) is 22.0 Å². The van der Waals surface area contributed by atoms with Crippen LogP contribution in [0.25, 0.3) is 0 Å². The summed E-state index contributed by atoms with van der Waals surface area (Å²) in [6.07, 6.45) is -4.77. The predicted molar refractivity (Wildman–Crippen MR) is 61.6 cm³/mol. The normalized spacial score (nSPS) is 14.2. The van der Waals surface area contributed by atoms with E-state index in [-0.39, 0.29) is 5.75 Å². The minimum atomic E-state index is -4.77. The molecule has 1 atom stereocenters. The number of aliphatic hydroxyl groups excluding tert-OH is 1. The van der Waals surface area contributed by atoms with Crippen molar-refractivity contribution >= 4 is 0 Å². The van der Waals surface area contributed by atoms with E-state index in [1.54, 1.807) is 6.92 Å². The van der Waals surface area contributed by atoms with Crippen molar-refractivity contribution in [1.82, 2.24) is 5.32 Å². The van der Waals surface area contributed by atoms with Gasteiger partial charge in [-0.25, -0.2) is 8.78 Å². The molecule has 0 bridgehead atoms. The number of hydrogen-bond acceptors (Lipinski definition) is 3. The fourth-order valence-electron chi connectivity index (χ4n) is 1.43. The Morgan fingerprint density at radius 1 is 1.15 bits per heavy atom. The zero-order valence-corrected chi connectivity index (χ0v) is 10.5. The molecule has 8 heteroatoms. The monoisotopic (exact) mass is 299 g/mol. The number of halogens is 5. The molecule has 1 rings (SSSR count). The molecule has 0 heterocycles. The standard InChI is InChI=1S/C12H14F5NO2/c1-8(18-6-11(13,14)7-19)9-2-4-10(5-3-9)20-12(15,16)17/h2-5,8,18-19H,6-7H2,1H3. The van der Waals surface area contributed by atoms with Gasteiger partial charge in [0.2, 0.25) is 0 Å². The Balaban J connectivity index is 2.60. The van der Waals surface area contributed by atoms with Crippen LogP contribution in [0.1, 0.15) is 18.5 Å². The average Bonchev–Trinajstić information content (AvgIpc) is 2.35. The van der Waals surface area contributed by atoms with Crippen LogP contribution < -0.4 is 10.1 Å². The van der Waals surface area contributed by atoms with Crippen LogP contribution in [0, 0.1) is 0 Å². The topological polar surface area (TPSA) is 41.5 Å². The van der Waals surface area contributed by atoms with Crippen molar-refractivity contribution in [2.45, 2.75) is 25.3 Å². The van der Waals surface area contributed by atoms with Crippen LogP contribution in [0.5, 0.6) is 5.75 Å². The van der Waals surface area contributed by atoms with Gasteiger partial charge in [-0.1, -0.05) is 12.1 Å². The van der Waals surface area contributed by atoms with Gasteiger partial charge in [-0.3, -0.25) is 0 Å². The summed E-state index contributed by atoms with van der Waals surface area (Å²) < 4.78 is 65.2. The lowest BCUT2D eigenvalue weighted by Gasteiger charge is -2.19. The molecule has 0 aliphatic carbocycles. The van der Waals surface area contributed by atoms with Gasteiger partial charge in [0.25, 0.3) is 5.92 Å². The summed E-state index contributed by atoms with van der Waals surface area (Å²) in [6, 6.07) is 4.38. The number of rotatable bonds is 6. The van der Waals surface area contributed by atoms with E-state index in [0.717, 1.165) is 12.1 Å². The molecule has 1 unspecified atom stereocenters. The van der Waals surface area contributed by atoms with Gasteiger partial charge in [0, 0.05) is 6.04 Å². The Morgan fingerprint density at radius 3 is 2.15 bits per heavy atom. The molecule has 0 aliphatic heterocycles. The number of alkyl halides is 5. The van der Waals surface area contributed by atoms with E-state index in [1.807, 2.05) is 0 Å². The van der Waals surface area contributed by atoms with E-state index in [0.29, 0.717) is 5.56 Å². The van der Waals surface area contributed by atoms with E-state index in [9.17, 15) is 22.0 Å². The molecule has 0 aliphatic rings. The van der Waals surface area contributed by atoms with E-state index >= 15 is 0 Å². The molecule has 114 valence electrons. The lowest BCUT2D eigenvalue weighted by atomic mass is 10.1. The molecule has 0 aromatic heterocycles. The van der Waals surface area contributed by atoms with Gasteiger partial charge in [0.1, 0.15) is 12.4 Å². The van der Waals surface area contributed by atoms with Crippen LogP contribution in [0.15, 0.2) is 24.3 Å². The SMILES string of the molecule is CC(NCC(F)(F)CO)c1ccc(OC(F)(F)F)cc1. The molecule has 0 saturated heterocycles. The first-order valence-corrected chi connectivity index (χ1v) is 5.71. The van der Waals surface area contributed by atoms with Crippen molar-refractivity contribution in [3.63, 3.8) is 0 Å². The summed E-state index contributed by atoms with van der Waals surface area (Å²) >= 11 is 0. The van der Waals surface area contributed by atoms with E-state index in [1.165, 1.54) is 12.1 Å². The maximum absolute atomic E-state index is 12.8. The van der Waals surface area contributed by atoms with E-state index in [4.69, 9.17) is 5.11 Å². The lowest BCUT2D eigenvalue weighted by molar-refractivity contribution is -0.274. The van der Waals surface area contributed by atoms with Gasteiger partial charge in [-0.05, 0) is 24.6 Å². The van der Waals surface area contributed by atoms with Gasteiger partial charge in [-0.15, -0.1) is 13.2 Å². The zero-order chi connectivity index (χ0) is 15.4. The number of ether oxygens (including phenoxy) is 1. The molecule has 1 aromatic carbocycles. The highest BCUT2D eigenvalue weighted by Crippen LogP contribution is 2.24. The molecular formula is C12H14F5NO2. The molecular weight excluding hydrogens is 285 g/mol. The molecule has 0 amide bonds. The molecule has 0 saturated carbocycles. The molecule has 2 N–H and O–H groups in total. The van der Waals surface area contributed by atoms with Crippen molar-refractivity contribution in [2.24, 2.45) is 0 Å². The molecule has 0 spiro atoms. The minimum Gasteiger partial charge on any atom is -0.406 e. The van der Waals surface area contributed by atoms with Crippen molar-refractivity contribution in [3.8, 4) is 5.75 Å². The Hall–Kier alpha value is -1.41. The van der Waals surface area contributed by atoms with Crippen molar-refractivity contribution < 1.29 is 31.8 Å². The highest BCUT2D eigenvalue weighted by Gasteiger charge is 2.31. The third kappa shape index (κ3) is 5.70. The van der Waals surface area contributed by atoms with Crippen LogP contribution >= 0.6 is 0 Å². The average molecular weight is 299 g/mol. The summed E-state index contributed by atoms with van der Waals surface area (Å²) in [5.74, 6) is -3.62. The van der Waals surface area contributed by atoms with Crippen molar-refractivity contribution in [2.75, 3.05) is 13.2 Å². The van der Waals surface area contributed by atoms with Crippen LogP contribution in [0.3, 0.4) is 0 Å². The third-order valence-corrected chi connectivity index (χ3v) is 2.51. The maximum atomic E-state index is 12.8. The largest absolute Gasteiger partial charge is 0.573 e.